The highest BCUT2D eigenvalue weighted by Crippen LogP contribution is 2.33. The fourth-order valence-corrected chi connectivity index (χ4v) is 2.38. The van der Waals surface area contributed by atoms with Crippen LogP contribution in [0.25, 0.3) is 22.3 Å². The molecular weight excluding hydrogens is 305 g/mol. The van der Waals surface area contributed by atoms with Gasteiger partial charge in [0.25, 0.3) is 0 Å². The molecule has 0 unspecified atom stereocenters. The maximum Gasteiger partial charge on any atom is 0.434 e. The smallest absolute Gasteiger partial charge is 0.434 e. The lowest BCUT2D eigenvalue weighted by molar-refractivity contribution is -0.140. The molecule has 0 spiro atoms. The Labute approximate surface area is 120 Å². The second-order valence-corrected chi connectivity index (χ2v) is 4.87. The van der Waals surface area contributed by atoms with Crippen LogP contribution in [0.1, 0.15) is 5.69 Å². The summed E-state index contributed by atoms with van der Waals surface area (Å²) in [5, 5.41) is 0.955. The van der Waals surface area contributed by atoms with Gasteiger partial charge in [-0.2, -0.15) is 13.2 Å². The van der Waals surface area contributed by atoms with E-state index in [2.05, 4.69) is 15.0 Å². The number of hydrogen-bond donors (Lipinski definition) is 1. The molecule has 0 aliphatic rings. The molecule has 21 heavy (non-hydrogen) atoms. The van der Waals surface area contributed by atoms with Crippen LogP contribution in [-0.2, 0) is 6.18 Å². The molecule has 0 amide bonds. The van der Waals surface area contributed by atoms with Gasteiger partial charge in [0.1, 0.15) is 11.5 Å². The van der Waals surface area contributed by atoms with Gasteiger partial charge in [-0.05, 0) is 12.1 Å². The highest BCUT2D eigenvalue weighted by Gasteiger charge is 2.34. The van der Waals surface area contributed by atoms with E-state index < -0.39 is 11.9 Å². The number of halogens is 3. The van der Waals surface area contributed by atoms with Crippen LogP contribution in [0.4, 0.5) is 19.0 Å². The molecule has 5 nitrogen and oxygen atoms in total. The molecule has 3 rings (SSSR count). The number of aromatic nitrogens is 3. The topological polar surface area (TPSA) is 77.8 Å². The zero-order valence-electron chi connectivity index (χ0n) is 10.3. The summed E-state index contributed by atoms with van der Waals surface area (Å²) < 4.78 is 42.9. The predicted molar refractivity (Wildman–Crippen MR) is 70.3 cm³/mol. The van der Waals surface area contributed by atoms with Gasteiger partial charge in [0.05, 0.1) is 6.26 Å². The Bertz CT molecular complexity index is 767. The molecule has 108 valence electrons. The van der Waals surface area contributed by atoms with Crippen LogP contribution in [0.3, 0.4) is 0 Å². The molecule has 9 heteroatoms. The van der Waals surface area contributed by atoms with Gasteiger partial charge in [-0.1, -0.05) is 0 Å². The number of hydrogen-bond acceptors (Lipinski definition) is 6. The van der Waals surface area contributed by atoms with Crippen molar-refractivity contribution in [3.63, 3.8) is 0 Å². The molecule has 3 heterocycles. The van der Waals surface area contributed by atoms with E-state index >= 15 is 0 Å². The predicted octanol–water partition coefficient (Wildman–Crippen LogP) is 3.46. The maximum absolute atomic E-state index is 12.6. The summed E-state index contributed by atoms with van der Waals surface area (Å²) >= 11 is 0.802. The van der Waals surface area contributed by atoms with E-state index in [-0.39, 0.29) is 16.6 Å². The summed E-state index contributed by atoms with van der Waals surface area (Å²) in [5.74, 6) is 0.593. The number of anilines is 1. The van der Waals surface area contributed by atoms with Gasteiger partial charge in [-0.25, -0.2) is 15.0 Å². The number of alkyl halides is 3. The van der Waals surface area contributed by atoms with Crippen LogP contribution >= 0.6 is 11.3 Å². The van der Waals surface area contributed by atoms with Crippen molar-refractivity contribution in [3.05, 3.63) is 35.5 Å². The van der Waals surface area contributed by atoms with Crippen LogP contribution in [-0.4, -0.2) is 15.0 Å². The first-order valence-corrected chi connectivity index (χ1v) is 6.53. The molecule has 2 N–H and O–H groups in total. The third kappa shape index (κ3) is 2.72. The molecule has 0 aromatic carbocycles. The minimum Gasteiger partial charge on any atom is -0.463 e. The lowest BCUT2D eigenvalue weighted by Crippen LogP contribution is -2.05. The first-order valence-electron chi connectivity index (χ1n) is 5.65. The number of nitrogens with two attached hydrogens (primary N) is 1. The molecule has 0 saturated heterocycles. The Morgan fingerprint density at radius 2 is 2.00 bits per heavy atom. The summed E-state index contributed by atoms with van der Waals surface area (Å²) in [7, 11) is 0. The Morgan fingerprint density at radius 1 is 1.19 bits per heavy atom. The van der Waals surface area contributed by atoms with Crippen molar-refractivity contribution < 1.29 is 17.6 Å². The van der Waals surface area contributed by atoms with Crippen molar-refractivity contribution in [2.45, 2.75) is 6.18 Å². The fraction of sp³-hybridized carbons (Fsp3) is 0.0833. The minimum absolute atomic E-state index is 0.0295. The zero-order chi connectivity index (χ0) is 15.0. The Kier molecular flexibility index (Phi) is 3.13. The quantitative estimate of drug-likeness (QED) is 0.784. The van der Waals surface area contributed by atoms with Crippen molar-refractivity contribution in [1.82, 2.24) is 15.0 Å². The van der Waals surface area contributed by atoms with Gasteiger partial charge < -0.3 is 10.2 Å². The Balaban J connectivity index is 2.05. The summed E-state index contributed by atoms with van der Waals surface area (Å²) in [6, 6.07) is 4.80. The van der Waals surface area contributed by atoms with Crippen molar-refractivity contribution in [2.24, 2.45) is 0 Å². The molecule has 0 aliphatic carbocycles. The van der Waals surface area contributed by atoms with E-state index in [0.717, 1.165) is 16.7 Å². The summed E-state index contributed by atoms with van der Waals surface area (Å²) in [5.41, 5.74) is 5.06. The van der Waals surface area contributed by atoms with Crippen LogP contribution in [0.5, 0.6) is 0 Å². The molecule has 0 radical (unpaired) electrons. The second-order valence-electron chi connectivity index (χ2n) is 4.01. The van der Waals surface area contributed by atoms with E-state index in [1.165, 1.54) is 12.3 Å². The summed E-state index contributed by atoms with van der Waals surface area (Å²) in [6.07, 6.45) is -3.04. The van der Waals surface area contributed by atoms with Crippen molar-refractivity contribution in [3.8, 4) is 22.3 Å². The highest BCUT2D eigenvalue weighted by molar-refractivity contribution is 7.13. The van der Waals surface area contributed by atoms with E-state index in [4.69, 9.17) is 10.2 Å². The highest BCUT2D eigenvalue weighted by atomic mass is 32.1. The summed E-state index contributed by atoms with van der Waals surface area (Å²) in [4.78, 5) is 11.5. The largest absolute Gasteiger partial charge is 0.463 e. The van der Waals surface area contributed by atoms with Crippen molar-refractivity contribution in [1.29, 1.82) is 0 Å². The van der Waals surface area contributed by atoms with E-state index in [1.54, 1.807) is 12.1 Å². The van der Waals surface area contributed by atoms with Gasteiger partial charge in [0, 0.05) is 11.4 Å². The second kappa shape index (κ2) is 4.85. The number of furan rings is 1. The Hall–Kier alpha value is -2.42. The van der Waals surface area contributed by atoms with Crippen molar-refractivity contribution >= 4 is 17.2 Å². The standard InChI is InChI=1S/C12H7F3N4OS/c13-12(14,15)8-5-21-11(18-8)10-17-6(4-9(16)19-10)7-2-1-3-20-7/h1-5H,(H2,16,17,19). The molecule has 3 aromatic rings. The van der Waals surface area contributed by atoms with Crippen LogP contribution in [0, 0.1) is 0 Å². The molecule has 0 saturated carbocycles. The van der Waals surface area contributed by atoms with Gasteiger partial charge in [0.2, 0.25) is 0 Å². The van der Waals surface area contributed by atoms with E-state index in [0.29, 0.717) is 11.5 Å². The molecule has 0 aliphatic heterocycles. The number of thiazole rings is 1. The third-order valence-electron chi connectivity index (χ3n) is 2.51. The van der Waals surface area contributed by atoms with Crippen molar-refractivity contribution in [2.75, 3.05) is 5.73 Å². The normalized spacial score (nSPS) is 11.8. The van der Waals surface area contributed by atoms with Gasteiger partial charge in [-0.15, -0.1) is 11.3 Å². The lowest BCUT2D eigenvalue weighted by atomic mass is 10.3. The van der Waals surface area contributed by atoms with Gasteiger partial charge in [-0.3, -0.25) is 0 Å². The first kappa shape index (κ1) is 13.6. The Morgan fingerprint density at radius 3 is 2.62 bits per heavy atom. The number of nitrogens with zero attached hydrogens (tertiary/aromatic N) is 3. The molecule has 0 fully saturated rings. The average molecular weight is 312 g/mol. The monoisotopic (exact) mass is 312 g/mol. The van der Waals surface area contributed by atoms with E-state index in [9.17, 15) is 13.2 Å². The molecule has 0 bridgehead atoms. The SMILES string of the molecule is Nc1cc(-c2ccco2)nc(-c2nc(C(F)(F)F)cs2)n1. The molecule has 0 atom stereocenters. The molecule has 3 aromatic heterocycles. The summed E-state index contributed by atoms with van der Waals surface area (Å²) in [6.45, 7) is 0. The van der Waals surface area contributed by atoms with Crippen LogP contribution in [0.15, 0.2) is 34.3 Å². The number of rotatable bonds is 2. The third-order valence-corrected chi connectivity index (χ3v) is 3.34. The number of nitrogen functional groups attached to an aromatic ring is 1. The zero-order valence-corrected chi connectivity index (χ0v) is 11.1. The van der Waals surface area contributed by atoms with Crippen LogP contribution < -0.4 is 5.73 Å². The lowest BCUT2D eigenvalue weighted by Gasteiger charge is -2.02. The fourth-order valence-electron chi connectivity index (χ4n) is 1.62. The molecular formula is C12H7F3N4OS. The van der Waals surface area contributed by atoms with Gasteiger partial charge >= 0.3 is 6.18 Å². The average Bonchev–Trinajstić information content (AvgIpc) is 3.09. The van der Waals surface area contributed by atoms with E-state index in [1.807, 2.05) is 0 Å². The first-order chi connectivity index (χ1) is 9.93. The maximum atomic E-state index is 12.6. The minimum atomic E-state index is -4.50. The van der Waals surface area contributed by atoms with Crippen LogP contribution in [0.2, 0.25) is 0 Å². The van der Waals surface area contributed by atoms with Gasteiger partial charge in [0.15, 0.2) is 22.3 Å².